The van der Waals surface area contributed by atoms with Crippen molar-refractivity contribution in [1.82, 2.24) is 0 Å². The Labute approximate surface area is 137 Å². The minimum atomic E-state index is 0.398. The van der Waals surface area contributed by atoms with Gasteiger partial charge < -0.3 is 10.2 Å². The monoisotopic (exact) mass is 308 g/mol. The van der Waals surface area contributed by atoms with E-state index < -0.39 is 0 Å². The summed E-state index contributed by atoms with van der Waals surface area (Å²) in [5, 5.41) is 19.5. The van der Waals surface area contributed by atoms with Gasteiger partial charge in [0.05, 0.1) is 0 Å². The molecule has 2 aromatic rings. The van der Waals surface area contributed by atoms with Gasteiger partial charge in [-0.25, -0.2) is 0 Å². The number of hydrogen-bond acceptors (Lipinski definition) is 2. The van der Waals surface area contributed by atoms with Crippen LogP contribution in [-0.4, -0.2) is 10.2 Å². The fourth-order valence-corrected chi connectivity index (χ4v) is 4.91. The van der Waals surface area contributed by atoms with E-state index in [9.17, 15) is 10.2 Å². The van der Waals surface area contributed by atoms with Gasteiger partial charge in [0.2, 0.25) is 0 Å². The van der Waals surface area contributed by atoms with Crippen LogP contribution in [0.25, 0.3) is 0 Å². The third-order valence-corrected chi connectivity index (χ3v) is 6.15. The Kier molecular flexibility index (Phi) is 3.37. The molecule has 4 rings (SSSR count). The Morgan fingerprint density at radius 3 is 1.48 bits per heavy atom. The molecule has 2 nitrogen and oxygen atoms in total. The van der Waals surface area contributed by atoms with E-state index in [4.69, 9.17) is 0 Å². The van der Waals surface area contributed by atoms with Crippen molar-refractivity contribution in [3.8, 4) is 11.5 Å². The number of aromatic hydroxyl groups is 2. The fraction of sp³-hybridized carbons (Fsp3) is 0.429. The lowest BCUT2D eigenvalue weighted by Crippen LogP contribution is -2.15. The molecule has 2 aromatic carbocycles. The van der Waals surface area contributed by atoms with Crippen molar-refractivity contribution in [3.63, 3.8) is 0 Å². The maximum atomic E-state index is 9.74. The van der Waals surface area contributed by atoms with Crippen LogP contribution in [0, 0.1) is 25.7 Å². The highest BCUT2D eigenvalue weighted by molar-refractivity contribution is 5.40. The smallest absolute Gasteiger partial charge is 0.118 e. The summed E-state index contributed by atoms with van der Waals surface area (Å²) in [5.74, 6) is 3.59. The molecule has 0 aromatic heterocycles. The molecule has 0 radical (unpaired) electrons. The maximum absolute atomic E-state index is 9.74. The SMILES string of the molecule is Cc1cc(C2CC3CC2C[C@H]3c2ccc(O)c(C)c2)ccc1O. The summed E-state index contributed by atoms with van der Waals surface area (Å²) in [5.41, 5.74) is 4.76. The van der Waals surface area contributed by atoms with E-state index in [1.165, 1.54) is 30.4 Å². The molecular weight excluding hydrogens is 284 g/mol. The van der Waals surface area contributed by atoms with E-state index in [1.807, 2.05) is 26.0 Å². The first-order valence-electron chi connectivity index (χ1n) is 8.62. The van der Waals surface area contributed by atoms with Crippen LogP contribution in [-0.2, 0) is 0 Å². The summed E-state index contributed by atoms with van der Waals surface area (Å²) >= 11 is 0. The third kappa shape index (κ3) is 2.41. The van der Waals surface area contributed by atoms with E-state index in [-0.39, 0.29) is 0 Å². The van der Waals surface area contributed by atoms with E-state index >= 15 is 0 Å². The number of phenols is 2. The summed E-state index contributed by atoms with van der Waals surface area (Å²) in [6.07, 6.45) is 3.81. The Bertz CT molecular complexity index is 686. The van der Waals surface area contributed by atoms with Crippen LogP contribution in [0.1, 0.15) is 53.4 Å². The number of benzene rings is 2. The maximum Gasteiger partial charge on any atom is 0.118 e. The molecule has 2 aliphatic rings. The fourth-order valence-electron chi connectivity index (χ4n) is 4.91. The van der Waals surface area contributed by atoms with Gasteiger partial charge in [-0.3, -0.25) is 0 Å². The topological polar surface area (TPSA) is 40.5 Å². The van der Waals surface area contributed by atoms with Gasteiger partial charge in [0.15, 0.2) is 0 Å². The first-order valence-corrected chi connectivity index (χ1v) is 8.62. The summed E-state index contributed by atoms with van der Waals surface area (Å²) < 4.78 is 0. The second kappa shape index (κ2) is 5.30. The van der Waals surface area contributed by atoms with E-state index in [1.54, 1.807) is 0 Å². The second-order valence-corrected chi connectivity index (χ2v) is 7.53. The van der Waals surface area contributed by atoms with Crippen LogP contribution in [0.4, 0.5) is 0 Å². The van der Waals surface area contributed by atoms with Crippen molar-refractivity contribution < 1.29 is 10.2 Å². The summed E-state index contributed by atoms with van der Waals surface area (Å²) in [7, 11) is 0. The van der Waals surface area contributed by atoms with Gasteiger partial charge in [0.25, 0.3) is 0 Å². The predicted octanol–water partition coefficient (Wildman–Crippen LogP) is 5.01. The van der Waals surface area contributed by atoms with Gasteiger partial charge >= 0.3 is 0 Å². The zero-order chi connectivity index (χ0) is 16.1. The van der Waals surface area contributed by atoms with Crippen LogP contribution in [0.3, 0.4) is 0 Å². The zero-order valence-electron chi connectivity index (χ0n) is 13.8. The summed E-state index contributed by atoms with van der Waals surface area (Å²) in [4.78, 5) is 0. The second-order valence-electron chi connectivity index (χ2n) is 7.53. The quantitative estimate of drug-likeness (QED) is 0.818. The molecule has 23 heavy (non-hydrogen) atoms. The molecule has 2 saturated carbocycles. The first-order chi connectivity index (χ1) is 11.0. The largest absolute Gasteiger partial charge is 0.508 e. The van der Waals surface area contributed by atoms with Crippen molar-refractivity contribution in [3.05, 3.63) is 58.7 Å². The molecule has 2 bridgehead atoms. The summed E-state index contributed by atoms with van der Waals surface area (Å²) in [6, 6.07) is 12.2. The molecule has 2 heteroatoms. The van der Waals surface area contributed by atoms with Crippen LogP contribution in [0.5, 0.6) is 11.5 Å². The lowest BCUT2D eigenvalue weighted by molar-refractivity contribution is 0.374. The average molecular weight is 308 g/mol. The van der Waals surface area contributed by atoms with Crippen LogP contribution < -0.4 is 0 Å². The summed E-state index contributed by atoms with van der Waals surface area (Å²) in [6.45, 7) is 3.96. The van der Waals surface area contributed by atoms with Crippen LogP contribution >= 0.6 is 0 Å². The highest BCUT2D eigenvalue weighted by Gasteiger charge is 2.46. The molecule has 120 valence electrons. The van der Waals surface area contributed by atoms with Crippen molar-refractivity contribution in [2.24, 2.45) is 11.8 Å². The van der Waals surface area contributed by atoms with E-state index in [0.29, 0.717) is 23.3 Å². The van der Waals surface area contributed by atoms with Gasteiger partial charge in [-0.05, 0) is 91.2 Å². The molecule has 0 amide bonds. The number of fused-ring (bicyclic) bond motifs is 2. The van der Waals surface area contributed by atoms with Crippen molar-refractivity contribution >= 4 is 0 Å². The minimum Gasteiger partial charge on any atom is -0.508 e. The van der Waals surface area contributed by atoms with Crippen LogP contribution in [0.2, 0.25) is 0 Å². The normalized spacial score (nSPS) is 29.1. The molecule has 4 atom stereocenters. The Morgan fingerprint density at radius 2 is 1.13 bits per heavy atom. The number of rotatable bonds is 2. The lowest BCUT2D eigenvalue weighted by atomic mass is 9.76. The first kappa shape index (κ1) is 14.6. The molecule has 2 aliphatic carbocycles. The molecule has 0 saturated heterocycles. The van der Waals surface area contributed by atoms with E-state index in [2.05, 4.69) is 24.3 Å². The Balaban J connectivity index is 1.55. The molecule has 2 fully saturated rings. The minimum absolute atomic E-state index is 0.398. The van der Waals surface area contributed by atoms with Crippen molar-refractivity contribution in [2.75, 3.05) is 0 Å². The highest BCUT2D eigenvalue weighted by Crippen LogP contribution is 2.59. The molecule has 3 unspecified atom stereocenters. The predicted molar refractivity (Wildman–Crippen MR) is 92.0 cm³/mol. The molecule has 2 N–H and O–H groups in total. The molecule has 0 spiro atoms. The van der Waals surface area contributed by atoms with Gasteiger partial charge in [-0.15, -0.1) is 0 Å². The highest BCUT2D eigenvalue weighted by atomic mass is 16.3. The van der Waals surface area contributed by atoms with Crippen molar-refractivity contribution in [1.29, 1.82) is 0 Å². The van der Waals surface area contributed by atoms with Gasteiger partial charge in [0, 0.05) is 0 Å². The van der Waals surface area contributed by atoms with Crippen molar-refractivity contribution in [2.45, 2.75) is 44.9 Å². The number of aryl methyl sites for hydroxylation is 2. The molecule has 0 aliphatic heterocycles. The Morgan fingerprint density at radius 1 is 0.696 bits per heavy atom. The Hall–Kier alpha value is -1.96. The standard InChI is InChI=1S/C21H24O2/c1-12-7-14(3-5-20(12)22)18-10-17-9-16(18)11-19(17)15-4-6-21(23)13(2)8-15/h3-8,16-19,22-23H,9-11H2,1-2H3/t16?,17?,18-,19?/m0/s1. The van der Waals surface area contributed by atoms with E-state index in [0.717, 1.165) is 23.0 Å². The van der Waals surface area contributed by atoms with Gasteiger partial charge in [-0.1, -0.05) is 24.3 Å². The number of phenolic OH excluding ortho intramolecular Hbond substituents is 2. The lowest BCUT2D eigenvalue weighted by Gasteiger charge is -2.29. The molecular formula is C21H24O2. The average Bonchev–Trinajstić information content (AvgIpc) is 3.13. The third-order valence-electron chi connectivity index (χ3n) is 6.15. The van der Waals surface area contributed by atoms with Gasteiger partial charge in [0.1, 0.15) is 11.5 Å². The zero-order valence-corrected chi connectivity index (χ0v) is 13.8. The van der Waals surface area contributed by atoms with Crippen LogP contribution in [0.15, 0.2) is 36.4 Å². The molecule has 0 heterocycles. The van der Waals surface area contributed by atoms with Gasteiger partial charge in [-0.2, -0.15) is 0 Å². The number of hydrogen-bond donors (Lipinski definition) is 2.